The Morgan fingerprint density at radius 1 is 0.806 bits per heavy atom. The van der Waals surface area contributed by atoms with Crippen LogP contribution in [-0.4, -0.2) is 16.5 Å². The Bertz CT molecular complexity index is 1280. The number of nitrogens with zero attached hydrogens (tertiary/aromatic N) is 1. The first-order chi connectivity index (χ1) is 16.8. The number of halogens is 2. The lowest BCUT2D eigenvalue weighted by Crippen LogP contribution is -2.44. The summed E-state index contributed by atoms with van der Waals surface area (Å²) in [5.41, 5.74) is 6.37. The molecular weight excluding hydrogens is 489 g/mol. The van der Waals surface area contributed by atoms with E-state index in [4.69, 9.17) is 23.2 Å². The van der Waals surface area contributed by atoms with Crippen molar-refractivity contribution in [3.63, 3.8) is 0 Å². The van der Waals surface area contributed by atoms with E-state index in [0.29, 0.717) is 29.4 Å². The van der Waals surface area contributed by atoms with Crippen LogP contribution < -0.4 is 0 Å². The molecule has 0 amide bonds. The molecule has 0 atom stereocenters. The first kappa shape index (κ1) is 25.3. The number of rotatable bonds is 3. The highest BCUT2D eigenvalue weighted by molar-refractivity contribution is 6.35. The second-order valence-corrected chi connectivity index (χ2v) is 13.1. The number of aryl methyl sites for hydroxylation is 1. The van der Waals surface area contributed by atoms with E-state index in [2.05, 4.69) is 63.8 Å². The molecule has 0 N–H and O–H groups in total. The van der Waals surface area contributed by atoms with Crippen LogP contribution in [0.25, 0.3) is 0 Å². The van der Waals surface area contributed by atoms with Crippen LogP contribution in [0.1, 0.15) is 76.0 Å². The van der Waals surface area contributed by atoms with Crippen LogP contribution in [0.4, 0.5) is 0 Å². The molecule has 36 heavy (non-hydrogen) atoms. The van der Waals surface area contributed by atoms with Crippen LogP contribution in [0.3, 0.4) is 0 Å². The van der Waals surface area contributed by atoms with Gasteiger partial charge in [-0.3, -0.25) is 9.59 Å². The van der Waals surface area contributed by atoms with Crippen molar-refractivity contribution < 1.29 is 9.59 Å². The molecule has 2 aromatic carbocycles. The molecule has 5 heteroatoms. The van der Waals surface area contributed by atoms with Crippen molar-refractivity contribution in [2.75, 3.05) is 0 Å². The van der Waals surface area contributed by atoms with Crippen molar-refractivity contribution in [1.82, 2.24) is 4.90 Å². The quantitative estimate of drug-likeness (QED) is 0.408. The summed E-state index contributed by atoms with van der Waals surface area (Å²) in [4.78, 5) is 30.0. The predicted octanol–water partition coefficient (Wildman–Crippen LogP) is 8.19. The SMILES string of the molecule is Cc1ccc(CN2C3=C(C(=O)CC(C)(C)C3)C(c3ccc(Cl)cc3Cl)C3=C2CC(C)(C)CC3=O)cc1. The Labute approximate surface area is 224 Å². The standard InChI is InChI=1S/C31H33Cl2NO2/c1-18-6-8-19(9-7-18)17-34-23-13-30(2,3)15-25(35)28(23)27(21-11-10-20(32)12-22(21)33)29-24(34)14-31(4,5)16-26(29)36/h6-12,27H,13-17H2,1-5H3. The van der Waals surface area contributed by atoms with Gasteiger partial charge in [0.05, 0.1) is 0 Å². The second-order valence-electron chi connectivity index (χ2n) is 12.3. The number of allylic oxidation sites excluding steroid dienone is 4. The van der Waals surface area contributed by atoms with Gasteiger partial charge in [0.25, 0.3) is 0 Å². The maximum Gasteiger partial charge on any atom is 0.162 e. The van der Waals surface area contributed by atoms with E-state index in [9.17, 15) is 9.59 Å². The molecule has 0 spiro atoms. The molecule has 188 valence electrons. The van der Waals surface area contributed by atoms with Gasteiger partial charge < -0.3 is 4.90 Å². The predicted molar refractivity (Wildman–Crippen MR) is 146 cm³/mol. The number of Topliss-reactive ketones (excluding diaryl/α,β-unsaturated/α-hetero) is 2. The third-order valence-electron chi connectivity index (χ3n) is 7.76. The highest BCUT2D eigenvalue weighted by atomic mass is 35.5. The minimum atomic E-state index is -0.457. The zero-order valence-corrected chi connectivity index (χ0v) is 23.2. The van der Waals surface area contributed by atoms with Crippen LogP contribution in [0.15, 0.2) is 65.0 Å². The Hall–Kier alpha value is -2.36. The van der Waals surface area contributed by atoms with Gasteiger partial charge in [0.15, 0.2) is 11.6 Å². The fourth-order valence-electron chi connectivity index (χ4n) is 6.16. The molecule has 0 radical (unpaired) electrons. The van der Waals surface area contributed by atoms with Crippen LogP contribution in [0.5, 0.6) is 0 Å². The third kappa shape index (κ3) is 4.57. The van der Waals surface area contributed by atoms with E-state index in [-0.39, 0.29) is 22.4 Å². The molecule has 0 saturated heterocycles. The van der Waals surface area contributed by atoms with Gasteiger partial charge in [0.1, 0.15) is 0 Å². The number of carbonyl (C=O) groups is 2. The normalized spacial score (nSPS) is 21.6. The summed E-state index contributed by atoms with van der Waals surface area (Å²) in [6.07, 6.45) is 2.45. The number of hydrogen-bond acceptors (Lipinski definition) is 3. The molecule has 1 heterocycles. The van der Waals surface area contributed by atoms with Gasteiger partial charge in [-0.1, -0.05) is 86.8 Å². The first-order valence-corrected chi connectivity index (χ1v) is 13.4. The highest BCUT2D eigenvalue weighted by Crippen LogP contribution is 2.55. The number of benzene rings is 2. The number of ketones is 2. The fourth-order valence-corrected chi connectivity index (χ4v) is 6.68. The van der Waals surface area contributed by atoms with Crippen molar-refractivity contribution >= 4 is 34.8 Å². The third-order valence-corrected chi connectivity index (χ3v) is 8.32. The summed E-state index contributed by atoms with van der Waals surface area (Å²) in [6.45, 7) is 11.3. The summed E-state index contributed by atoms with van der Waals surface area (Å²) in [7, 11) is 0. The van der Waals surface area contributed by atoms with E-state index in [1.54, 1.807) is 12.1 Å². The summed E-state index contributed by atoms with van der Waals surface area (Å²) >= 11 is 13.0. The fraction of sp³-hybridized carbons (Fsp3) is 0.419. The molecule has 3 nitrogen and oxygen atoms in total. The van der Waals surface area contributed by atoms with Gasteiger partial charge in [-0.2, -0.15) is 0 Å². The van der Waals surface area contributed by atoms with Crippen LogP contribution >= 0.6 is 23.2 Å². The zero-order chi connectivity index (χ0) is 26.0. The number of hydrogen-bond donors (Lipinski definition) is 0. The summed E-state index contributed by atoms with van der Waals surface area (Å²) < 4.78 is 0. The molecule has 0 saturated carbocycles. The second kappa shape index (κ2) is 8.89. The Kier molecular flexibility index (Phi) is 6.24. The molecule has 3 aliphatic rings. The van der Waals surface area contributed by atoms with E-state index < -0.39 is 5.92 Å². The average molecular weight is 523 g/mol. The molecule has 0 bridgehead atoms. The van der Waals surface area contributed by atoms with Crippen LogP contribution in [0, 0.1) is 17.8 Å². The van der Waals surface area contributed by atoms with Crippen LogP contribution in [-0.2, 0) is 16.1 Å². The summed E-state index contributed by atoms with van der Waals surface area (Å²) in [5, 5.41) is 1.03. The Morgan fingerprint density at radius 3 is 1.83 bits per heavy atom. The van der Waals surface area contributed by atoms with E-state index in [1.165, 1.54) is 5.56 Å². The molecule has 5 rings (SSSR count). The van der Waals surface area contributed by atoms with Gasteiger partial charge >= 0.3 is 0 Å². The first-order valence-electron chi connectivity index (χ1n) is 12.7. The van der Waals surface area contributed by atoms with Crippen LogP contribution in [0.2, 0.25) is 10.0 Å². The zero-order valence-electron chi connectivity index (χ0n) is 21.7. The molecule has 0 aromatic heterocycles. The van der Waals surface area contributed by atoms with Crippen molar-refractivity contribution in [3.05, 3.63) is 91.7 Å². The van der Waals surface area contributed by atoms with Gasteiger partial charge in [0, 0.05) is 57.9 Å². The molecule has 0 unspecified atom stereocenters. The molecule has 2 aliphatic carbocycles. The topological polar surface area (TPSA) is 37.4 Å². The van der Waals surface area contributed by atoms with E-state index in [0.717, 1.165) is 46.5 Å². The van der Waals surface area contributed by atoms with E-state index in [1.807, 2.05) is 6.07 Å². The van der Waals surface area contributed by atoms with Crippen molar-refractivity contribution in [1.29, 1.82) is 0 Å². The maximum absolute atomic E-state index is 13.9. The summed E-state index contributed by atoms with van der Waals surface area (Å²) in [6, 6.07) is 13.9. The highest BCUT2D eigenvalue weighted by Gasteiger charge is 2.49. The Balaban J connectivity index is 1.77. The van der Waals surface area contributed by atoms with Gasteiger partial charge in [-0.15, -0.1) is 0 Å². The molecular formula is C31H33Cl2NO2. The maximum atomic E-state index is 13.9. The molecule has 0 fully saturated rings. The lowest BCUT2D eigenvalue weighted by molar-refractivity contribution is -0.119. The minimum absolute atomic E-state index is 0.107. The monoisotopic (exact) mass is 521 g/mol. The lowest BCUT2D eigenvalue weighted by atomic mass is 9.63. The molecule has 1 aliphatic heterocycles. The molecule has 2 aromatic rings. The van der Waals surface area contributed by atoms with E-state index >= 15 is 0 Å². The average Bonchev–Trinajstić information content (AvgIpc) is 2.75. The number of carbonyl (C=O) groups excluding carboxylic acids is 2. The van der Waals surface area contributed by atoms with Gasteiger partial charge in [-0.25, -0.2) is 0 Å². The van der Waals surface area contributed by atoms with Gasteiger partial charge in [0.2, 0.25) is 0 Å². The summed E-state index contributed by atoms with van der Waals surface area (Å²) in [5.74, 6) is -0.244. The Morgan fingerprint density at radius 2 is 1.33 bits per heavy atom. The lowest BCUT2D eigenvalue weighted by Gasteiger charge is -2.49. The smallest absolute Gasteiger partial charge is 0.162 e. The minimum Gasteiger partial charge on any atom is -0.343 e. The van der Waals surface area contributed by atoms with Crippen molar-refractivity contribution in [2.45, 2.75) is 72.8 Å². The van der Waals surface area contributed by atoms with Crippen molar-refractivity contribution in [3.8, 4) is 0 Å². The van der Waals surface area contributed by atoms with Crippen molar-refractivity contribution in [2.24, 2.45) is 10.8 Å². The largest absolute Gasteiger partial charge is 0.343 e. The van der Waals surface area contributed by atoms with Gasteiger partial charge in [-0.05, 0) is 53.9 Å².